The van der Waals surface area contributed by atoms with Gasteiger partial charge in [-0.25, -0.2) is 0 Å². The van der Waals surface area contributed by atoms with Gasteiger partial charge in [0, 0.05) is 13.0 Å². The number of rotatable bonds is 1. The van der Waals surface area contributed by atoms with E-state index in [1.54, 1.807) is 0 Å². The Morgan fingerprint density at radius 2 is 1.92 bits per heavy atom. The highest BCUT2D eigenvalue weighted by Crippen LogP contribution is 2.53. The minimum atomic E-state index is 0.398. The van der Waals surface area contributed by atoms with Crippen LogP contribution >= 0.6 is 0 Å². The molecule has 0 heterocycles. The van der Waals surface area contributed by atoms with Gasteiger partial charge in [-0.2, -0.15) is 0 Å². The Labute approximate surface area is 73.1 Å². The van der Waals surface area contributed by atoms with Crippen molar-refractivity contribution >= 4 is 0 Å². The van der Waals surface area contributed by atoms with Gasteiger partial charge in [0.15, 0.2) is 0 Å². The van der Waals surface area contributed by atoms with Crippen LogP contribution in [0, 0.1) is 23.7 Å². The van der Waals surface area contributed by atoms with Crippen LogP contribution in [0.25, 0.3) is 0 Å². The molecular formula is C11H14O. The monoisotopic (exact) mass is 162 g/mol. The Morgan fingerprint density at radius 1 is 1.08 bits per heavy atom. The van der Waals surface area contributed by atoms with Crippen molar-refractivity contribution in [3.63, 3.8) is 0 Å². The van der Waals surface area contributed by atoms with Crippen molar-refractivity contribution < 1.29 is 4.74 Å². The average molecular weight is 162 g/mol. The Bertz CT molecular complexity index is 254. The van der Waals surface area contributed by atoms with E-state index >= 15 is 0 Å². The standard InChI is InChI=1S/C11H14O/c1-12-10-5-4-9-7-2-3-8(6-7)11(9)10/h2-5,7-11H,6H2,1H3/t7?,8?,9-,10+,11+/m0/s1. The fourth-order valence-electron chi connectivity index (χ4n) is 3.23. The van der Waals surface area contributed by atoms with Crippen LogP contribution < -0.4 is 0 Å². The Hall–Kier alpha value is -0.560. The fraction of sp³-hybridized carbons (Fsp3) is 0.636. The molecule has 5 atom stereocenters. The number of allylic oxidation sites excluding steroid dienone is 3. The summed E-state index contributed by atoms with van der Waals surface area (Å²) in [4.78, 5) is 0. The Balaban J connectivity index is 1.94. The first-order valence-electron chi connectivity index (χ1n) is 4.79. The van der Waals surface area contributed by atoms with E-state index in [1.165, 1.54) is 6.42 Å². The van der Waals surface area contributed by atoms with Crippen LogP contribution in [-0.2, 0) is 4.74 Å². The average Bonchev–Trinajstić information content (AvgIpc) is 2.76. The second-order valence-electron chi connectivity index (χ2n) is 4.19. The van der Waals surface area contributed by atoms with Crippen molar-refractivity contribution in [2.45, 2.75) is 12.5 Å². The van der Waals surface area contributed by atoms with Crippen molar-refractivity contribution in [3.8, 4) is 0 Å². The first kappa shape index (κ1) is 6.90. The molecule has 64 valence electrons. The lowest BCUT2D eigenvalue weighted by atomic mass is 9.84. The summed E-state index contributed by atoms with van der Waals surface area (Å²) in [5.74, 6) is 3.20. The lowest BCUT2D eigenvalue weighted by molar-refractivity contribution is 0.0765. The molecule has 2 bridgehead atoms. The zero-order valence-corrected chi connectivity index (χ0v) is 7.31. The van der Waals surface area contributed by atoms with Crippen LogP contribution in [0.5, 0.6) is 0 Å². The summed E-state index contributed by atoms with van der Waals surface area (Å²) in [6.45, 7) is 0. The largest absolute Gasteiger partial charge is 0.377 e. The fourth-order valence-corrected chi connectivity index (χ4v) is 3.23. The minimum Gasteiger partial charge on any atom is -0.377 e. The lowest BCUT2D eigenvalue weighted by Gasteiger charge is -2.24. The number of hydrogen-bond donors (Lipinski definition) is 0. The van der Waals surface area contributed by atoms with Gasteiger partial charge in [-0.1, -0.05) is 24.3 Å². The van der Waals surface area contributed by atoms with Crippen molar-refractivity contribution in [1.29, 1.82) is 0 Å². The van der Waals surface area contributed by atoms with Gasteiger partial charge in [0.25, 0.3) is 0 Å². The zero-order valence-electron chi connectivity index (χ0n) is 7.31. The highest BCUT2D eigenvalue weighted by molar-refractivity contribution is 5.24. The van der Waals surface area contributed by atoms with Crippen molar-refractivity contribution in [2.75, 3.05) is 7.11 Å². The van der Waals surface area contributed by atoms with Gasteiger partial charge in [0.05, 0.1) is 6.10 Å². The van der Waals surface area contributed by atoms with E-state index in [9.17, 15) is 0 Å². The molecule has 0 aromatic rings. The molecule has 0 spiro atoms. The van der Waals surface area contributed by atoms with E-state index in [0.717, 1.165) is 23.7 Å². The third-order valence-corrected chi connectivity index (χ3v) is 3.76. The van der Waals surface area contributed by atoms with E-state index in [0.29, 0.717) is 6.10 Å². The maximum Gasteiger partial charge on any atom is 0.0791 e. The summed E-state index contributed by atoms with van der Waals surface area (Å²) >= 11 is 0. The SMILES string of the molecule is CO[C@@H]1C=C[C@H]2C3C=CC(C3)[C@@H]12. The predicted octanol–water partition coefficient (Wildman–Crippen LogP) is 2.01. The molecule has 2 unspecified atom stereocenters. The Kier molecular flexibility index (Phi) is 1.28. The van der Waals surface area contributed by atoms with Gasteiger partial charge >= 0.3 is 0 Å². The molecule has 1 heteroatoms. The quantitative estimate of drug-likeness (QED) is 0.536. The summed E-state index contributed by atoms with van der Waals surface area (Å²) in [7, 11) is 1.83. The highest BCUT2D eigenvalue weighted by atomic mass is 16.5. The summed E-state index contributed by atoms with van der Waals surface area (Å²) in [6.07, 6.45) is 11.2. The maximum atomic E-state index is 5.46. The number of ether oxygens (including phenoxy) is 1. The van der Waals surface area contributed by atoms with E-state index in [2.05, 4.69) is 24.3 Å². The smallest absolute Gasteiger partial charge is 0.0791 e. The van der Waals surface area contributed by atoms with Crippen LogP contribution in [0.2, 0.25) is 0 Å². The number of hydrogen-bond acceptors (Lipinski definition) is 1. The van der Waals surface area contributed by atoms with Crippen molar-refractivity contribution in [1.82, 2.24) is 0 Å². The predicted molar refractivity (Wildman–Crippen MR) is 47.7 cm³/mol. The van der Waals surface area contributed by atoms with E-state index < -0.39 is 0 Å². The highest BCUT2D eigenvalue weighted by Gasteiger charge is 2.48. The van der Waals surface area contributed by atoms with Gasteiger partial charge in [-0.3, -0.25) is 0 Å². The normalized spacial score (nSPS) is 53.6. The van der Waals surface area contributed by atoms with Crippen LogP contribution in [-0.4, -0.2) is 13.2 Å². The lowest BCUT2D eigenvalue weighted by Crippen LogP contribution is -2.25. The molecule has 0 amide bonds. The third-order valence-electron chi connectivity index (χ3n) is 3.76. The first-order chi connectivity index (χ1) is 5.90. The van der Waals surface area contributed by atoms with Crippen LogP contribution in [0.4, 0.5) is 0 Å². The van der Waals surface area contributed by atoms with Gasteiger partial charge in [0.2, 0.25) is 0 Å². The van der Waals surface area contributed by atoms with E-state index in [1.807, 2.05) is 7.11 Å². The molecule has 0 aliphatic heterocycles. The van der Waals surface area contributed by atoms with Crippen molar-refractivity contribution in [3.05, 3.63) is 24.3 Å². The first-order valence-corrected chi connectivity index (χ1v) is 4.79. The summed E-state index contributed by atoms with van der Waals surface area (Å²) in [5.41, 5.74) is 0. The molecule has 0 saturated heterocycles. The number of methoxy groups -OCH3 is 1. The van der Waals surface area contributed by atoms with Gasteiger partial charge in [0.1, 0.15) is 0 Å². The van der Waals surface area contributed by atoms with E-state index in [-0.39, 0.29) is 0 Å². The molecule has 3 aliphatic carbocycles. The molecule has 0 radical (unpaired) electrons. The van der Waals surface area contributed by atoms with Crippen molar-refractivity contribution in [2.24, 2.45) is 23.7 Å². The van der Waals surface area contributed by atoms with Gasteiger partial charge in [-0.15, -0.1) is 0 Å². The molecule has 1 saturated carbocycles. The maximum absolute atomic E-state index is 5.46. The third kappa shape index (κ3) is 0.680. The van der Waals surface area contributed by atoms with Gasteiger partial charge < -0.3 is 4.74 Å². The molecule has 1 nitrogen and oxygen atoms in total. The molecule has 0 aromatic heterocycles. The van der Waals surface area contributed by atoms with E-state index in [4.69, 9.17) is 4.74 Å². The molecule has 12 heavy (non-hydrogen) atoms. The summed E-state index contributed by atoms with van der Waals surface area (Å²) in [6, 6.07) is 0. The minimum absolute atomic E-state index is 0.398. The zero-order chi connectivity index (χ0) is 8.13. The summed E-state index contributed by atoms with van der Waals surface area (Å²) < 4.78 is 5.46. The molecule has 1 fully saturated rings. The van der Waals surface area contributed by atoms with Crippen LogP contribution in [0.1, 0.15) is 6.42 Å². The van der Waals surface area contributed by atoms with Gasteiger partial charge in [-0.05, 0) is 24.2 Å². The topological polar surface area (TPSA) is 9.23 Å². The molecule has 3 aliphatic rings. The molecule has 0 aromatic carbocycles. The Morgan fingerprint density at radius 3 is 2.75 bits per heavy atom. The molecule has 3 rings (SSSR count). The summed E-state index contributed by atoms with van der Waals surface area (Å²) in [5, 5.41) is 0. The molecular weight excluding hydrogens is 148 g/mol. The second kappa shape index (κ2) is 2.23. The second-order valence-corrected chi connectivity index (χ2v) is 4.19. The van der Waals surface area contributed by atoms with Crippen LogP contribution in [0.15, 0.2) is 24.3 Å². The number of fused-ring (bicyclic) bond motifs is 5. The van der Waals surface area contributed by atoms with Crippen LogP contribution in [0.3, 0.4) is 0 Å². The molecule has 0 N–H and O–H groups in total.